The second-order valence-electron chi connectivity index (χ2n) is 4.51. The summed E-state index contributed by atoms with van der Waals surface area (Å²) in [6.45, 7) is 0. The zero-order chi connectivity index (χ0) is 13.4. The quantitative estimate of drug-likeness (QED) is 0.916. The number of ether oxygens (including phenoxy) is 1. The van der Waals surface area contributed by atoms with E-state index in [4.69, 9.17) is 14.4 Å². The summed E-state index contributed by atoms with van der Waals surface area (Å²) in [7, 11) is 1.66. The van der Waals surface area contributed by atoms with Crippen molar-refractivity contribution >= 4 is 5.97 Å². The fraction of sp³-hybridized carbons (Fsp3) is 0.286. The van der Waals surface area contributed by atoms with Crippen LogP contribution >= 0.6 is 0 Å². The van der Waals surface area contributed by atoms with Gasteiger partial charge in [0, 0.05) is 11.6 Å². The van der Waals surface area contributed by atoms with E-state index in [-0.39, 0.29) is 5.69 Å². The molecule has 0 spiro atoms. The van der Waals surface area contributed by atoms with Crippen LogP contribution in [-0.4, -0.2) is 23.3 Å². The summed E-state index contributed by atoms with van der Waals surface area (Å²) in [5.74, 6) is 0.299. The van der Waals surface area contributed by atoms with Crippen LogP contribution in [0.2, 0.25) is 0 Å². The number of benzene rings is 1. The van der Waals surface area contributed by atoms with Crippen molar-refractivity contribution in [2.24, 2.45) is 0 Å². The number of aromatic nitrogens is 1. The Morgan fingerprint density at radius 3 is 2.84 bits per heavy atom. The molecule has 5 nitrogen and oxygen atoms in total. The maximum absolute atomic E-state index is 10.8. The van der Waals surface area contributed by atoms with Crippen LogP contribution in [-0.2, 0) is 12.8 Å². The second kappa shape index (κ2) is 4.42. The number of aromatic carboxylic acids is 1. The van der Waals surface area contributed by atoms with Crippen LogP contribution in [0.4, 0.5) is 0 Å². The van der Waals surface area contributed by atoms with Crippen molar-refractivity contribution in [1.29, 1.82) is 0 Å². The predicted molar refractivity (Wildman–Crippen MR) is 67.5 cm³/mol. The molecule has 0 amide bonds. The third-order valence-corrected chi connectivity index (χ3v) is 3.46. The van der Waals surface area contributed by atoms with Crippen LogP contribution in [0.1, 0.15) is 28.0 Å². The number of fused-ring (bicyclic) bond motifs is 1. The molecule has 0 saturated carbocycles. The van der Waals surface area contributed by atoms with Gasteiger partial charge in [0.2, 0.25) is 0 Å². The van der Waals surface area contributed by atoms with Gasteiger partial charge >= 0.3 is 5.97 Å². The number of carboxylic acid groups (broad SMARTS) is 1. The number of hydrogen-bond acceptors (Lipinski definition) is 4. The Hall–Kier alpha value is -2.30. The van der Waals surface area contributed by atoms with E-state index in [1.165, 1.54) is 17.2 Å². The summed E-state index contributed by atoms with van der Waals surface area (Å²) >= 11 is 0. The summed E-state index contributed by atoms with van der Waals surface area (Å²) in [5.41, 5.74) is 3.20. The predicted octanol–water partition coefficient (Wildman–Crippen LogP) is 2.54. The van der Waals surface area contributed by atoms with E-state index < -0.39 is 5.97 Å². The molecule has 0 radical (unpaired) electrons. The minimum atomic E-state index is -1.08. The van der Waals surface area contributed by atoms with Gasteiger partial charge in [0.1, 0.15) is 5.75 Å². The molecule has 1 N–H and O–H groups in total. The van der Waals surface area contributed by atoms with E-state index in [1.54, 1.807) is 7.11 Å². The fourth-order valence-corrected chi connectivity index (χ4v) is 2.60. The van der Waals surface area contributed by atoms with Gasteiger partial charge in [-0.15, -0.1) is 0 Å². The molecule has 5 heteroatoms. The zero-order valence-electron chi connectivity index (χ0n) is 10.5. The van der Waals surface area contributed by atoms with Crippen molar-refractivity contribution in [3.63, 3.8) is 0 Å². The SMILES string of the molecule is COc1ccc(-c2cc(C(=O)O)no2)c2c1CCC2. The maximum atomic E-state index is 10.8. The number of rotatable bonds is 3. The highest BCUT2D eigenvalue weighted by molar-refractivity contribution is 5.86. The number of nitrogens with zero attached hydrogens (tertiary/aromatic N) is 1. The molecular formula is C14H13NO4. The minimum absolute atomic E-state index is 0.0717. The van der Waals surface area contributed by atoms with Crippen molar-refractivity contribution in [3.05, 3.63) is 35.0 Å². The topological polar surface area (TPSA) is 72.6 Å². The molecule has 98 valence electrons. The van der Waals surface area contributed by atoms with Crippen molar-refractivity contribution in [2.75, 3.05) is 7.11 Å². The Bertz CT molecular complexity index is 645. The molecule has 1 aromatic carbocycles. The highest BCUT2D eigenvalue weighted by atomic mass is 16.5. The molecule has 2 aromatic rings. The molecule has 0 unspecified atom stereocenters. The Kier molecular flexibility index (Phi) is 2.74. The molecule has 3 rings (SSSR count). The molecule has 0 fully saturated rings. The van der Waals surface area contributed by atoms with Crippen molar-refractivity contribution in [2.45, 2.75) is 19.3 Å². The average Bonchev–Trinajstić information content (AvgIpc) is 3.06. The molecule has 0 atom stereocenters. The Labute approximate surface area is 109 Å². The molecule has 0 saturated heterocycles. The molecule has 0 bridgehead atoms. The molecule has 1 aromatic heterocycles. The molecular weight excluding hydrogens is 246 g/mol. The van der Waals surface area contributed by atoms with E-state index in [0.29, 0.717) is 5.76 Å². The average molecular weight is 259 g/mol. The smallest absolute Gasteiger partial charge is 0.358 e. The lowest BCUT2D eigenvalue weighted by atomic mass is 10.0. The minimum Gasteiger partial charge on any atom is -0.496 e. The van der Waals surface area contributed by atoms with Gasteiger partial charge in [-0.25, -0.2) is 4.79 Å². The first-order chi connectivity index (χ1) is 9.20. The van der Waals surface area contributed by atoms with E-state index in [2.05, 4.69) is 5.16 Å². The fourth-order valence-electron chi connectivity index (χ4n) is 2.60. The van der Waals surface area contributed by atoms with E-state index >= 15 is 0 Å². The molecule has 0 aliphatic heterocycles. The largest absolute Gasteiger partial charge is 0.496 e. The lowest BCUT2D eigenvalue weighted by molar-refractivity contribution is 0.0686. The van der Waals surface area contributed by atoms with E-state index in [0.717, 1.165) is 30.6 Å². The van der Waals surface area contributed by atoms with Gasteiger partial charge in [0.25, 0.3) is 0 Å². The van der Waals surface area contributed by atoms with Gasteiger partial charge in [-0.3, -0.25) is 0 Å². The normalized spacial score (nSPS) is 13.3. The van der Waals surface area contributed by atoms with E-state index in [1.807, 2.05) is 12.1 Å². The third kappa shape index (κ3) is 1.87. The van der Waals surface area contributed by atoms with Crippen LogP contribution < -0.4 is 4.74 Å². The summed E-state index contributed by atoms with van der Waals surface area (Å²) in [4.78, 5) is 10.8. The number of carbonyl (C=O) groups is 1. The molecule has 1 aliphatic carbocycles. The standard InChI is InChI=1S/C14H13NO4/c1-18-12-6-5-10(8-3-2-4-9(8)12)13-7-11(14(16)17)15-19-13/h5-7H,2-4H2,1H3,(H,16,17). The number of methoxy groups -OCH3 is 1. The summed E-state index contributed by atoms with van der Waals surface area (Å²) in [6, 6.07) is 5.25. The Morgan fingerprint density at radius 2 is 2.16 bits per heavy atom. The van der Waals surface area contributed by atoms with Crippen molar-refractivity contribution in [3.8, 4) is 17.1 Å². The molecule has 1 heterocycles. The lowest BCUT2D eigenvalue weighted by Gasteiger charge is -2.10. The maximum Gasteiger partial charge on any atom is 0.358 e. The first kappa shape index (κ1) is 11.8. The van der Waals surface area contributed by atoms with Crippen LogP contribution in [0.15, 0.2) is 22.7 Å². The first-order valence-electron chi connectivity index (χ1n) is 6.10. The zero-order valence-corrected chi connectivity index (χ0v) is 10.5. The summed E-state index contributed by atoms with van der Waals surface area (Å²) < 4.78 is 10.5. The number of hydrogen-bond donors (Lipinski definition) is 1. The van der Waals surface area contributed by atoms with Crippen LogP contribution in [0.5, 0.6) is 5.75 Å². The summed E-state index contributed by atoms with van der Waals surface area (Å²) in [5, 5.41) is 12.4. The van der Waals surface area contributed by atoms with Gasteiger partial charge in [0.15, 0.2) is 11.5 Å². The van der Waals surface area contributed by atoms with Gasteiger partial charge in [0.05, 0.1) is 7.11 Å². The van der Waals surface area contributed by atoms with Crippen LogP contribution in [0.3, 0.4) is 0 Å². The van der Waals surface area contributed by atoms with E-state index in [9.17, 15) is 4.79 Å². The van der Waals surface area contributed by atoms with Gasteiger partial charge in [-0.2, -0.15) is 0 Å². The Balaban J connectivity index is 2.10. The van der Waals surface area contributed by atoms with Crippen LogP contribution in [0, 0.1) is 0 Å². The number of carboxylic acids is 1. The lowest BCUT2D eigenvalue weighted by Crippen LogP contribution is -1.95. The highest BCUT2D eigenvalue weighted by Crippen LogP contribution is 2.38. The van der Waals surface area contributed by atoms with Crippen LogP contribution in [0.25, 0.3) is 11.3 Å². The highest BCUT2D eigenvalue weighted by Gasteiger charge is 2.22. The first-order valence-corrected chi connectivity index (χ1v) is 6.10. The molecule has 1 aliphatic rings. The summed E-state index contributed by atoms with van der Waals surface area (Å²) in [6.07, 6.45) is 3.00. The monoisotopic (exact) mass is 259 g/mol. The Morgan fingerprint density at radius 1 is 1.37 bits per heavy atom. The molecule has 19 heavy (non-hydrogen) atoms. The van der Waals surface area contributed by atoms with Crippen molar-refractivity contribution in [1.82, 2.24) is 5.16 Å². The van der Waals surface area contributed by atoms with Gasteiger partial charge < -0.3 is 14.4 Å². The van der Waals surface area contributed by atoms with Gasteiger partial charge in [-0.1, -0.05) is 5.16 Å². The second-order valence-corrected chi connectivity index (χ2v) is 4.51. The van der Waals surface area contributed by atoms with Gasteiger partial charge in [-0.05, 0) is 42.5 Å². The third-order valence-electron chi connectivity index (χ3n) is 3.46. The van der Waals surface area contributed by atoms with Crippen molar-refractivity contribution < 1.29 is 19.2 Å².